The van der Waals surface area contributed by atoms with Crippen LogP contribution in [0.1, 0.15) is 31.7 Å². The molecule has 0 fully saturated rings. The highest BCUT2D eigenvalue weighted by Gasteiger charge is 2.18. The summed E-state index contributed by atoms with van der Waals surface area (Å²) >= 11 is 0. The number of hydrogen-bond donors (Lipinski definition) is 0. The summed E-state index contributed by atoms with van der Waals surface area (Å²) in [5, 5.41) is 0. The minimum absolute atomic E-state index is 0.275. The van der Waals surface area contributed by atoms with Crippen LogP contribution in [0.4, 0.5) is 0 Å². The van der Waals surface area contributed by atoms with E-state index in [4.69, 9.17) is 4.43 Å². The maximum atomic E-state index is 6.21. The summed E-state index contributed by atoms with van der Waals surface area (Å²) in [4.78, 5) is 0. The topological polar surface area (TPSA) is 9.23 Å². The molecule has 100 valence electrons. The minimum atomic E-state index is -1.46. The minimum Gasteiger partial charge on any atom is -0.411 e. The lowest BCUT2D eigenvalue weighted by Gasteiger charge is -2.24. The molecule has 0 aliphatic carbocycles. The average Bonchev–Trinajstić information content (AvgIpc) is 2.32. The highest BCUT2D eigenvalue weighted by atomic mass is 28.4. The summed E-state index contributed by atoms with van der Waals surface area (Å²) in [5.74, 6) is 0. The molecule has 0 saturated carbocycles. The molecule has 0 bridgehead atoms. The van der Waals surface area contributed by atoms with Crippen LogP contribution in [0.3, 0.4) is 0 Å². The van der Waals surface area contributed by atoms with Crippen molar-refractivity contribution in [2.24, 2.45) is 0 Å². The van der Waals surface area contributed by atoms with Crippen LogP contribution in [0.5, 0.6) is 0 Å². The third-order valence-electron chi connectivity index (χ3n) is 2.65. The van der Waals surface area contributed by atoms with Crippen LogP contribution in [-0.4, -0.2) is 14.4 Å². The molecule has 0 radical (unpaired) electrons. The summed E-state index contributed by atoms with van der Waals surface area (Å²) in [7, 11) is -1.46. The second-order valence-electron chi connectivity index (χ2n) is 5.68. The van der Waals surface area contributed by atoms with Gasteiger partial charge in [-0.05, 0) is 31.6 Å². The zero-order valence-electron chi connectivity index (χ0n) is 12.1. The van der Waals surface area contributed by atoms with E-state index < -0.39 is 8.32 Å². The first-order chi connectivity index (χ1) is 8.51. The standard InChI is InChI=1S/C16H26OSi/c1-5-6-12-16(17-18(2,3)4)14-13-15-10-8-7-9-11-15/h7-11,13-14,16H,5-6,12H2,1-4H3/b14-13-. The van der Waals surface area contributed by atoms with E-state index in [1.807, 2.05) is 6.07 Å². The van der Waals surface area contributed by atoms with Crippen LogP contribution < -0.4 is 0 Å². The molecule has 0 amide bonds. The van der Waals surface area contributed by atoms with Gasteiger partial charge < -0.3 is 4.43 Å². The predicted octanol–water partition coefficient (Wildman–Crippen LogP) is 5.11. The first-order valence-corrected chi connectivity index (χ1v) is 10.3. The Labute approximate surface area is 113 Å². The van der Waals surface area contributed by atoms with Crippen LogP contribution in [-0.2, 0) is 4.43 Å². The van der Waals surface area contributed by atoms with E-state index in [2.05, 4.69) is 63.0 Å². The number of hydrogen-bond acceptors (Lipinski definition) is 1. The van der Waals surface area contributed by atoms with Crippen molar-refractivity contribution < 1.29 is 4.43 Å². The molecule has 0 heterocycles. The second-order valence-corrected chi connectivity index (χ2v) is 10.1. The summed E-state index contributed by atoms with van der Waals surface area (Å²) < 4.78 is 6.21. The van der Waals surface area contributed by atoms with Crippen LogP contribution in [0.15, 0.2) is 36.4 Å². The first kappa shape index (κ1) is 15.2. The van der Waals surface area contributed by atoms with Crippen molar-refractivity contribution in [3.63, 3.8) is 0 Å². The van der Waals surface area contributed by atoms with Crippen LogP contribution in [0.25, 0.3) is 6.08 Å². The second kappa shape index (κ2) is 7.55. The Balaban J connectivity index is 2.63. The normalized spacial score (nSPS) is 14.0. The van der Waals surface area contributed by atoms with E-state index in [0.29, 0.717) is 0 Å². The van der Waals surface area contributed by atoms with E-state index >= 15 is 0 Å². The van der Waals surface area contributed by atoms with Crippen molar-refractivity contribution in [2.75, 3.05) is 0 Å². The van der Waals surface area contributed by atoms with Crippen molar-refractivity contribution in [3.8, 4) is 0 Å². The quantitative estimate of drug-likeness (QED) is 0.620. The van der Waals surface area contributed by atoms with Crippen molar-refractivity contribution >= 4 is 14.4 Å². The molecule has 0 saturated heterocycles. The van der Waals surface area contributed by atoms with Crippen LogP contribution >= 0.6 is 0 Å². The van der Waals surface area contributed by atoms with Gasteiger partial charge in [0.1, 0.15) is 0 Å². The summed E-state index contributed by atoms with van der Waals surface area (Å²) in [6.45, 7) is 8.99. The Morgan fingerprint density at radius 1 is 1.17 bits per heavy atom. The van der Waals surface area contributed by atoms with Crippen molar-refractivity contribution in [3.05, 3.63) is 42.0 Å². The highest BCUT2D eigenvalue weighted by Crippen LogP contribution is 2.15. The van der Waals surface area contributed by atoms with E-state index in [1.54, 1.807) is 0 Å². The zero-order valence-corrected chi connectivity index (χ0v) is 13.1. The fourth-order valence-corrected chi connectivity index (χ4v) is 2.94. The largest absolute Gasteiger partial charge is 0.411 e. The van der Waals surface area contributed by atoms with E-state index in [-0.39, 0.29) is 6.10 Å². The molecule has 0 aromatic heterocycles. The van der Waals surface area contributed by atoms with Crippen molar-refractivity contribution in [2.45, 2.75) is 51.9 Å². The Morgan fingerprint density at radius 3 is 2.39 bits per heavy atom. The van der Waals surface area contributed by atoms with Gasteiger partial charge in [-0.3, -0.25) is 0 Å². The monoisotopic (exact) mass is 262 g/mol. The van der Waals surface area contributed by atoms with Gasteiger partial charge in [0.15, 0.2) is 8.32 Å². The van der Waals surface area contributed by atoms with Gasteiger partial charge in [0.2, 0.25) is 0 Å². The molecule has 1 atom stereocenters. The summed E-state index contributed by atoms with van der Waals surface area (Å²) in [5.41, 5.74) is 1.25. The molecule has 1 aromatic rings. The average molecular weight is 262 g/mol. The van der Waals surface area contributed by atoms with Crippen molar-refractivity contribution in [1.82, 2.24) is 0 Å². The molecule has 1 aromatic carbocycles. The predicted molar refractivity (Wildman–Crippen MR) is 83.2 cm³/mol. The fraction of sp³-hybridized carbons (Fsp3) is 0.500. The lowest BCUT2D eigenvalue weighted by atomic mass is 10.1. The third-order valence-corrected chi connectivity index (χ3v) is 3.66. The van der Waals surface area contributed by atoms with Gasteiger partial charge in [-0.15, -0.1) is 0 Å². The van der Waals surface area contributed by atoms with Crippen LogP contribution in [0, 0.1) is 0 Å². The number of rotatable bonds is 7. The maximum Gasteiger partial charge on any atom is 0.184 e. The number of benzene rings is 1. The van der Waals surface area contributed by atoms with Gasteiger partial charge in [-0.1, -0.05) is 62.2 Å². The molecule has 2 heteroatoms. The Kier molecular flexibility index (Phi) is 6.37. The molecule has 1 unspecified atom stereocenters. The van der Waals surface area contributed by atoms with E-state index in [0.717, 1.165) is 6.42 Å². The van der Waals surface area contributed by atoms with Crippen LogP contribution in [0.2, 0.25) is 19.6 Å². The fourth-order valence-electron chi connectivity index (χ4n) is 1.84. The molecule has 18 heavy (non-hydrogen) atoms. The molecule has 1 nitrogen and oxygen atoms in total. The zero-order chi connectivity index (χ0) is 13.4. The van der Waals surface area contributed by atoms with Crippen molar-refractivity contribution in [1.29, 1.82) is 0 Å². The van der Waals surface area contributed by atoms with Gasteiger partial charge in [-0.2, -0.15) is 0 Å². The molecular weight excluding hydrogens is 236 g/mol. The summed E-state index contributed by atoms with van der Waals surface area (Å²) in [6, 6.07) is 10.4. The Hall–Kier alpha value is -0.863. The Bertz CT molecular complexity index is 351. The molecule has 1 rings (SSSR count). The molecule has 0 aliphatic rings. The lowest BCUT2D eigenvalue weighted by molar-refractivity contribution is 0.228. The van der Waals surface area contributed by atoms with Gasteiger partial charge in [0, 0.05) is 0 Å². The molecular formula is C16H26OSi. The molecule has 0 spiro atoms. The van der Waals surface area contributed by atoms with E-state index in [9.17, 15) is 0 Å². The number of unbranched alkanes of at least 4 members (excludes halogenated alkanes) is 1. The molecule has 0 N–H and O–H groups in total. The third kappa shape index (κ3) is 6.77. The lowest BCUT2D eigenvalue weighted by Crippen LogP contribution is -2.31. The van der Waals surface area contributed by atoms with Gasteiger partial charge in [-0.25, -0.2) is 0 Å². The maximum absolute atomic E-state index is 6.21. The SMILES string of the molecule is CCCCC(/C=C\c1ccccc1)O[Si](C)(C)C. The first-order valence-electron chi connectivity index (χ1n) is 6.92. The van der Waals surface area contributed by atoms with E-state index in [1.165, 1.54) is 18.4 Å². The molecule has 0 aliphatic heterocycles. The van der Waals surface area contributed by atoms with Gasteiger partial charge in [0.25, 0.3) is 0 Å². The Morgan fingerprint density at radius 2 is 1.83 bits per heavy atom. The summed E-state index contributed by atoms with van der Waals surface area (Å²) in [6.07, 6.45) is 8.27. The smallest absolute Gasteiger partial charge is 0.184 e. The van der Waals surface area contributed by atoms with Gasteiger partial charge >= 0.3 is 0 Å². The highest BCUT2D eigenvalue weighted by molar-refractivity contribution is 6.69. The van der Waals surface area contributed by atoms with Gasteiger partial charge in [0.05, 0.1) is 6.10 Å².